The molecule has 0 bridgehead atoms. The molecule has 5 nitrogen and oxygen atoms in total. The zero-order valence-corrected chi connectivity index (χ0v) is 14.5. The lowest BCUT2D eigenvalue weighted by Gasteiger charge is -2.26. The molecule has 0 unspecified atom stereocenters. The largest absolute Gasteiger partial charge is 0.378 e. The molecule has 0 saturated carbocycles. The Kier molecular flexibility index (Phi) is 4.01. The van der Waals surface area contributed by atoms with Crippen LogP contribution in [0.3, 0.4) is 0 Å². The summed E-state index contributed by atoms with van der Waals surface area (Å²) in [5.41, 5.74) is 5.25. The van der Waals surface area contributed by atoms with Gasteiger partial charge in [-0.1, -0.05) is 24.3 Å². The van der Waals surface area contributed by atoms with Crippen LogP contribution >= 0.6 is 0 Å². The molecule has 128 valence electrons. The molecule has 1 aliphatic rings. The molecule has 1 amide bonds. The zero-order valence-electron chi connectivity index (χ0n) is 14.5. The number of morpholine rings is 1. The van der Waals surface area contributed by atoms with Crippen molar-refractivity contribution in [2.75, 3.05) is 26.3 Å². The van der Waals surface area contributed by atoms with Gasteiger partial charge in [-0.25, -0.2) is 4.98 Å². The Balaban J connectivity index is 1.89. The Morgan fingerprint density at radius 1 is 1.04 bits per heavy atom. The van der Waals surface area contributed by atoms with E-state index in [1.807, 2.05) is 39.8 Å². The molecule has 0 N–H and O–H groups in total. The van der Waals surface area contributed by atoms with E-state index in [-0.39, 0.29) is 5.91 Å². The lowest BCUT2D eigenvalue weighted by molar-refractivity contribution is 0.0294. The number of carbonyl (C=O) groups excluding carboxylic acids is 1. The maximum atomic E-state index is 13.0. The van der Waals surface area contributed by atoms with Crippen LogP contribution in [0.5, 0.6) is 0 Å². The Bertz CT molecular complexity index is 919. The number of benzene rings is 1. The summed E-state index contributed by atoms with van der Waals surface area (Å²) in [5.74, 6) is 0.428. The summed E-state index contributed by atoms with van der Waals surface area (Å²) < 4.78 is 7.26. The number of carbonyl (C=O) groups is 1. The van der Waals surface area contributed by atoms with Gasteiger partial charge >= 0.3 is 0 Å². The molecule has 1 fully saturated rings. The van der Waals surface area contributed by atoms with Gasteiger partial charge in [0.2, 0.25) is 5.82 Å². The van der Waals surface area contributed by atoms with Crippen molar-refractivity contribution in [2.24, 2.45) is 0 Å². The average Bonchev–Trinajstić information content (AvgIpc) is 3.01. The molecule has 0 spiro atoms. The Morgan fingerprint density at radius 3 is 2.48 bits per heavy atom. The van der Waals surface area contributed by atoms with Gasteiger partial charge in [-0.15, -0.1) is 0 Å². The minimum absolute atomic E-state index is 0.0398. The monoisotopic (exact) mass is 335 g/mol. The van der Waals surface area contributed by atoms with Gasteiger partial charge < -0.3 is 9.64 Å². The molecular formula is C20H21N3O2. The van der Waals surface area contributed by atoms with Crippen molar-refractivity contribution in [3.8, 4) is 11.3 Å². The molecule has 1 saturated heterocycles. The third-order valence-electron chi connectivity index (χ3n) is 4.76. The first kappa shape index (κ1) is 15.8. The highest BCUT2D eigenvalue weighted by atomic mass is 16.5. The standard InChI is InChI=1S/C20H21N3O2/c1-14-6-5-7-15(2)17(14)18-16-8-3-4-9-23(16)19(21-18)20(24)22-10-12-25-13-11-22/h3-9H,10-13H2,1-2H3. The second-order valence-corrected chi connectivity index (χ2v) is 6.41. The Labute approximate surface area is 146 Å². The van der Waals surface area contributed by atoms with Crippen LogP contribution in [0.15, 0.2) is 42.6 Å². The summed E-state index contributed by atoms with van der Waals surface area (Å²) in [6.45, 7) is 6.55. The van der Waals surface area contributed by atoms with Gasteiger partial charge in [-0.05, 0) is 37.1 Å². The van der Waals surface area contributed by atoms with E-state index in [0.717, 1.165) is 27.9 Å². The molecular weight excluding hydrogens is 314 g/mol. The summed E-state index contributed by atoms with van der Waals surface area (Å²) in [5, 5.41) is 0. The number of fused-ring (bicyclic) bond motifs is 1. The number of hydrogen-bond donors (Lipinski definition) is 0. The van der Waals surface area contributed by atoms with Crippen LogP contribution in [-0.4, -0.2) is 46.5 Å². The van der Waals surface area contributed by atoms with Crippen LogP contribution in [0, 0.1) is 13.8 Å². The van der Waals surface area contributed by atoms with Crippen molar-refractivity contribution in [3.63, 3.8) is 0 Å². The van der Waals surface area contributed by atoms with Gasteiger partial charge in [0.1, 0.15) is 0 Å². The van der Waals surface area contributed by atoms with Crippen molar-refractivity contribution >= 4 is 11.4 Å². The van der Waals surface area contributed by atoms with Crippen LogP contribution < -0.4 is 0 Å². The average molecular weight is 335 g/mol. The third-order valence-corrected chi connectivity index (χ3v) is 4.76. The predicted molar refractivity (Wildman–Crippen MR) is 96.8 cm³/mol. The fourth-order valence-corrected chi connectivity index (χ4v) is 3.47. The first-order valence-electron chi connectivity index (χ1n) is 8.57. The van der Waals surface area contributed by atoms with Crippen molar-refractivity contribution in [1.29, 1.82) is 0 Å². The van der Waals surface area contributed by atoms with Crippen molar-refractivity contribution < 1.29 is 9.53 Å². The Hall–Kier alpha value is -2.66. The van der Waals surface area contributed by atoms with Gasteiger partial charge in [-0.2, -0.15) is 0 Å². The van der Waals surface area contributed by atoms with E-state index in [2.05, 4.69) is 26.0 Å². The molecule has 5 heteroatoms. The van der Waals surface area contributed by atoms with Crippen molar-refractivity contribution in [3.05, 3.63) is 59.5 Å². The summed E-state index contributed by atoms with van der Waals surface area (Å²) in [4.78, 5) is 19.6. The molecule has 4 rings (SSSR count). The number of ether oxygens (including phenoxy) is 1. The minimum atomic E-state index is -0.0398. The van der Waals surface area contributed by atoms with Gasteiger partial charge in [0.05, 0.1) is 24.4 Å². The number of aryl methyl sites for hydroxylation is 2. The summed E-state index contributed by atoms with van der Waals surface area (Å²) >= 11 is 0. The van der Waals surface area contributed by atoms with E-state index in [9.17, 15) is 4.79 Å². The number of amides is 1. The van der Waals surface area contributed by atoms with E-state index in [1.54, 1.807) is 0 Å². The van der Waals surface area contributed by atoms with E-state index in [1.165, 1.54) is 0 Å². The van der Waals surface area contributed by atoms with Crippen LogP contribution in [0.2, 0.25) is 0 Å². The topological polar surface area (TPSA) is 46.8 Å². The van der Waals surface area contributed by atoms with E-state index >= 15 is 0 Å². The fraction of sp³-hybridized carbons (Fsp3) is 0.300. The number of nitrogens with zero attached hydrogens (tertiary/aromatic N) is 3. The minimum Gasteiger partial charge on any atom is -0.378 e. The van der Waals surface area contributed by atoms with Gasteiger partial charge in [0.25, 0.3) is 5.91 Å². The second kappa shape index (κ2) is 6.33. The number of pyridine rings is 1. The highest BCUT2D eigenvalue weighted by Crippen LogP contribution is 2.30. The molecule has 0 aliphatic carbocycles. The molecule has 25 heavy (non-hydrogen) atoms. The number of imidazole rings is 1. The summed E-state index contributed by atoms with van der Waals surface area (Å²) in [6, 6.07) is 12.1. The molecule has 3 aromatic rings. The van der Waals surface area contributed by atoms with Gasteiger partial charge in [0.15, 0.2) is 0 Å². The fourth-order valence-electron chi connectivity index (χ4n) is 3.47. The number of hydrogen-bond acceptors (Lipinski definition) is 3. The van der Waals surface area contributed by atoms with Crippen molar-refractivity contribution in [2.45, 2.75) is 13.8 Å². The highest BCUT2D eigenvalue weighted by molar-refractivity contribution is 5.95. The first-order valence-corrected chi connectivity index (χ1v) is 8.57. The van der Waals surface area contributed by atoms with Crippen LogP contribution in [-0.2, 0) is 4.74 Å². The van der Waals surface area contributed by atoms with Crippen LogP contribution in [0.4, 0.5) is 0 Å². The van der Waals surface area contributed by atoms with E-state index in [4.69, 9.17) is 9.72 Å². The zero-order chi connectivity index (χ0) is 17.4. The normalized spacial score (nSPS) is 14.9. The summed E-state index contributed by atoms with van der Waals surface area (Å²) in [7, 11) is 0. The van der Waals surface area contributed by atoms with Gasteiger partial charge in [-0.3, -0.25) is 9.20 Å². The maximum absolute atomic E-state index is 13.0. The predicted octanol–water partition coefficient (Wildman–Crippen LogP) is 3.09. The van der Waals surface area contributed by atoms with Crippen LogP contribution in [0.25, 0.3) is 16.8 Å². The molecule has 1 aliphatic heterocycles. The summed E-state index contributed by atoms with van der Waals surface area (Å²) in [6.07, 6.45) is 1.91. The van der Waals surface area contributed by atoms with E-state index < -0.39 is 0 Å². The number of rotatable bonds is 2. The van der Waals surface area contributed by atoms with Gasteiger partial charge in [0, 0.05) is 24.8 Å². The molecule has 2 aromatic heterocycles. The smallest absolute Gasteiger partial charge is 0.290 e. The molecule has 0 atom stereocenters. The molecule has 0 radical (unpaired) electrons. The lowest BCUT2D eigenvalue weighted by atomic mass is 9.99. The van der Waals surface area contributed by atoms with E-state index in [0.29, 0.717) is 32.1 Å². The quantitative estimate of drug-likeness (QED) is 0.723. The maximum Gasteiger partial charge on any atom is 0.290 e. The van der Waals surface area contributed by atoms with Crippen molar-refractivity contribution in [1.82, 2.24) is 14.3 Å². The third kappa shape index (κ3) is 2.70. The Morgan fingerprint density at radius 2 is 1.76 bits per heavy atom. The highest BCUT2D eigenvalue weighted by Gasteiger charge is 2.25. The second-order valence-electron chi connectivity index (χ2n) is 6.41. The molecule has 3 heterocycles. The first-order chi connectivity index (χ1) is 12.2. The lowest BCUT2D eigenvalue weighted by Crippen LogP contribution is -2.41. The van der Waals surface area contributed by atoms with Crippen LogP contribution in [0.1, 0.15) is 21.7 Å². The SMILES string of the molecule is Cc1cccc(C)c1-c1nc(C(=O)N2CCOCC2)n2ccccc12. The molecule has 1 aromatic carbocycles. The number of aromatic nitrogens is 2.